The molecule has 5 heterocycles. The molecule has 148 valence electrons. The van der Waals surface area contributed by atoms with E-state index in [1.54, 1.807) is 12.4 Å². The minimum Gasteiger partial charge on any atom is -0.358 e. The summed E-state index contributed by atoms with van der Waals surface area (Å²) in [5, 5.41) is 12.8. The zero-order chi connectivity index (χ0) is 20.5. The fourth-order valence-corrected chi connectivity index (χ4v) is 3.59. The molecule has 0 spiro atoms. The second-order valence-electron chi connectivity index (χ2n) is 7.26. The van der Waals surface area contributed by atoms with E-state index < -0.39 is 0 Å². The van der Waals surface area contributed by atoms with Gasteiger partial charge in [0.05, 0.1) is 23.3 Å². The Morgan fingerprint density at radius 1 is 1.10 bits per heavy atom. The van der Waals surface area contributed by atoms with Gasteiger partial charge in [-0.05, 0) is 36.8 Å². The summed E-state index contributed by atoms with van der Waals surface area (Å²) in [7, 11) is 0. The van der Waals surface area contributed by atoms with Crippen LogP contribution < -0.4 is 5.32 Å². The average Bonchev–Trinajstić information content (AvgIpc) is 3.37. The fraction of sp³-hybridized carbons (Fsp3) is 0.130. The Morgan fingerprint density at radius 2 is 2.00 bits per heavy atom. The van der Waals surface area contributed by atoms with Crippen molar-refractivity contribution in [3.63, 3.8) is 0 Å². The maximum atomic E-state index is 4.54. The first-order valence-electron chi connectivity index (χ1n) is 9.89. The molecule has 0 saturated carbocycles. The van der Waals surface area contributed by atoms with Crippen molar-refractivity contribution in [3.05, 3.63) is 67.4 Å². The number of pyridine rings is 3. The summed E-state index contributed by atoms with van der Waals surface area (Å²) in [6, 6.07) is 10.2. The minimum absolute atomic E-state index is 0.666. The lowest BCUT2D eigenvalue weighted by Crippen LogP contribution is -1.98. The van der Waals surface area contributed by atoms with Gasteiger partial charge in [-0.25, -0.2) is 9.97 Å². The predicted octanol–water partition coefficient (Wildman–Crippen LogP) is 5.29. The van der Waals surface area contributed by atoms with Gasteiger partial charge in [-0.3, -0.25) is 10.1 Å². The SMILES string of the molecule is C=C(CCC)Nc1cncc(-c2cnc3n[nH]c(-c4cc5cccnc5[nH]4)c3c2)c1. The predicted molar refractivity (Wildman–Crippen MR) is 120 cm³/mol. The van der Waals surface area contributed by atoms with E-state index in [0.29, 0.717) is 5.65 Å². The van der Waals surface area contributed by atoms with Gasteiger partial charge in [0.25, 0.3) is 0 Å². The smallest absolute Gasteiger partial charge is 0.181 e. The Kier molecular flexibility index (Phi) is 4.48. The highest BCUT2D eigenvalue weighted by molar-refractivity contribution is 5.95. The molecular formula is C23H21N7. The largest absolute Gasteiger partial charge is 0.358 e. The van der Waals surface area contributed by atoms with Gasteiger partial charge in [0.2, 0.25) is 0 Å². The molecule has 5 aromatic rings. The number of H-pyrrole nitrogens is 2. The standard InChI is InChI=1S/C23H21N7/c1-3-5-14(2)27-18-8-16(11-24-13-18)17-9-19-21(29-30-23(19)26-12-17)20-10-15-6-4-7-25-22(15)28-20/h4,6-13,27H,2-3,5H2,1H3,(H,25,28)(H,26,29,30). The quantitative estimate of drug-likeness (QED) is 0.363. The third-order valence-electron chi connectivity index (χ3n) is 5.02. The molecule has 7 nitrogen and oxygen atoms in total. The Balaban J connectivity index is 1.54. The monoisotopic (exact) mass is 395 g/mol. The number of nitrogens with zero attached hydrogens (tertiary/aromatic N) is 4. The molecule has 0 unspecified atom stereocenters. The molecule has 0 aliphatic rings. The van der Waals surface area contributed by atoms with Crippen LogP contribution in [0.5, 0.6) is 0 Å². The van der Waals surface area contributed by atoms with Crippen LogP contribution in [0.15, 0.2) is 67.4 Å². The average molecular weight is 395 g/mol. The second-order valence-corrected chi connectivity index (χ2v) is 7.26. The van der Waals surface area contributed by atoms with E-state index >= 15 is 0 Å². The van der Waals surface area contributed by atoms with Crippen molar-refractivity contribution < 1.29 is 0 Å². The van der Waals surface area contributed by atoms with Gasteiger partial charge in [0.15, 0.2) is 5.65 Å². The molecule has 0 aliphatic heterocycles. The lowest BCUT2D eigenvalue weighted by molar-refractivity contribution is 0.913. The number of aromatic nitrogens is 6. The maximum absolute atomic E-state index is 4.54. The van der Waals surface area contributed by atoms with Crippen LogP contribution in [-0.2, 0) is 0 Å². The summed E-state index contributed by atoms with van der Waals surface area (Å²) in [6.45, 7) is 6.20. The summed E-state index contributed by atoms with van der Waals surface area (Å²) in [4.78, 5) is 16.6. The summed E-state index contributed by atoms with van der Waals surface area (Å²) in [5.41, 5.74) is 7.16. The van der Waals surface area contributed by atoms with Gasteiger partial charge in [0.1, 0.15) is 5.65 Å². The van der Waals surface area contributed by atoms with Crippen LogP contribution in [0.1, 0.15) is 19.8 Å². The molecule has 0 aromatic carbocycles. The molecule has 5 aromatic heterocycles. The molecule has 0 saturated heterocycles. The molecule has 7 heteroatoms. The number of hydrogen-bond donors (Lipinski definition) is 3. The van der Waals surface area contributed by atoms with Gasteiger partial charge in [0, 0.05) is 46.2 Å². The zero-order valence-corrected chi connectivity index (χ0v) is 16.6. The van der Waals surface area contributed by atoms with Crippen molar-refractivity contribution in [3.8, 4) is 22.5 Å². The number of nitrogens with one attached hydrogen (secondary N) is 3. The van der Waals surface area contributed by atoms with E-state index in [4.69, 9.17) is 0 Å². The Hall–Kier alpha value is -4.00. The van der Waals surface area contributed by atoms with Crippen molar-refractivity contribution in [1.82, 2.24) is 30.1 Å². The molecule has 0 atom stereocenters. The molecule has 30 heavy (non-hydrogen) atoms. The number of allylic oxidation sites excluding steroid dienone is 1. The zero-order valence-electron chi connectivity index (χ0n) is 16.6. The van der Waals surface area contributed by atoms with E-state index in [0.717, 1.165) is 63.2 Å². The maximum Gasteiger partial charge on any atom is 0.181 e. The summed E-state index contributed by atoms with van der Waals surface area (Å²) in [6.07, 6.45) is 9.21. The third-order valence-corrected chi connectivity index (χ3v) is 5.02. The first-order chi connectivity index (χ1) is 14.7. The molecule has 0 bridgehead atoms. The Morgan fingerprint density at radius 3 is 2.87 bits per heavy atom. The highest BCUT2D eigenvalue weighted by atomic mass is 15.2. The molecule has 0 aliphatic carbocycles. The van der Waals surface area contributed by atoms with Crippen LogP contribution in [0.25, 0.3) is 44.6 Å². The molecule has 0 radical (unpaired) electrons. The Bertz CT molecular complexity index is 1330. The van der Waals surface area contributed by atoms with Crippen LogP contribution in [0.4, 0.5) is 5.69 Å². The van der Waals surface area contributed by atoms with Crippen molar-refractivity contribution in [1.29, 1.82) is 0 Å². The molecule has 3 N–H and O–H groups in total. The van der Waals surface area contributed by atoms with Crippen molar-refractivity contribution >= 4 is 27.8 Å². The number of aromatic amines is 2. The van der Waals surface area contributed by atoms with Gasteiger partial charge in [-0.15, -0.1) is 0 Å². The lowest BCUT2D eigenvalue weighted by atomic mass is 10.1. The highest BCUT2D eigenvalue weighted by Gasteiger charge is 2.13. The van der Waals surface area contributed by atoms with Crippen molar-refractivity contribution in [2.24, 2.45) is 0 Å². The molecule has 0 fully saturated rings. The minimum atomic E-state index is 0.666. The van der Waals surface area contributed by atoms with Crippen LogP contribution in [0.2, 0.25) is 0 Å². The van der Waals surface area contributed by atoms with Crippen LogP contribution in [0, 0.1) is 0 Å². The van der Waals surface area contributed by atoms with Crippen molar-refractivity contribution in [2.45, 2.75) is 19.8 Å². The number of fused-ring (bicyclic) bond motifs is 2. The highest BCUT2D eigenvalue weighted by Crippen LogP contribution is 2.30. The normalized spacial score (nSPS) is 11.2. The topological polar surface area (TPSA) is 95.2 Å². The summed E-state index contributed by atoms with van der Waals surface area (Å²) < 4.78 is 0. The van der Waals surface area contributed by atoms with Gasteiger partial charge >= 0.3 is 0 Å². The number of rotatable bonds is 6. The van der Waals surface area contributed by atoms with Crippen molar-refractivity contribution in [2.75, 3.05) is 5.32 Å². The molecular weight excluding hydrogens is 374 g/mol. The Labute approximate surface area is 173 Å². The third kappa shape index (κ3) is 3.30. The van der Waals surface area contributed by atoms with Crippen LogP contribution in [-0.4, -0.2) is 30.1 Å². The van der Waals surface area contributed by atoms with Gasteiger partial charge < -0.3 is 10.3 Å². The van der Waals surface area contributed by atoms with E-state index in [2.05, 4.69) is 67.2 Å². The van der Waals surface area contributed by atoms with E-state index in [-0.39, 0.29) is 0 Å². The van der Waals surface area contributed by atoms with Crippen LogP contribution >= 0.6 is 0 Å². The van der Waals surface area contributed by atoms with E-state index in [1.165, 1.54) is 0 Å². The fourth-order valence-electron chi connectivity index (χ4n) is 3.59. The second kappa shape index (κ2) is 7.44. The molecule has 5 rings (SSSR count). The van der Waals surface area contributed by atoms with E-state index in [9.17, 15) is 0 Å². The summed E-state index contributed by atoms with van der Waals surface area (Å²) in [5.74, 6) is 0. The number of hydrogen-bond acceptors (Lipinski definition) is 5. The van der Waals surface area contributed by atoms with E-state index in [1.807, 2.05) is 24.5 Å². The van der Waals surface area contributed by atoms with Gasteiger partial charge in [-0.1, -0.05) is 19.9 Å². The number of anilines is 1. The molecule has 0 amide bonds. The lowest BCUT2D eigenvalue weighted by Gasteiger charge is -2.09. The first kappa shape index (κ1) is 18.1. The van der Waals surface area contributed by atoms with Gasteiger partial charge in [-0.2, -0.15) is 5.10 Å². The van der Waals surface area contributed by atoms with Crippen LogP contribution in [0.3, 0.4) is 0 Å². The first-order valence-corrected chi connectivity index (χ1v) is 9.89. The summed E-state index contributed by atoms with van der Waals surface area (Å²) >= 11 is 0.